The molecule has 0 heterocycles. The summed E-state index contributed by atoms with van der Waals surface area (Å²) in [7, 11) is 0. The van der Waals surface area contributed by atoms with Crippen molar-refractivity contribution in [2.45, 2.75) is 45.4 Å². The van der Waals surface area contributed by atoms with Gasteiger partial charge in [0, 0.05) is 22.1 Å². The van der Waals surface area contributed by atoms with E-state index < -0.39 is 0 Å². The van der Waals surface area contributed by atoms with E-state index in [1.807, 2.05) is 18.2 Å². The van der Waals surface area contributed by atoms with Gasteiger partial charge >= 0.3 is 0 Å². The molecule has 0 aliphatic carbocycles. The molecule has 0 radical (unpaired) electrons. The summed E-state index contributed by atoms with van der Waals surface area (Å²) in [4.78, 5) is 0. The number of benzene rings is 4. The van der Waals surface area contributed by atoms with Crippen LogP contribution in [-0.4, -0.2) is 0 Å². The molecule has 0 amide bonds. The standard InChI is InChI=1S/C34H28FN/c1-2-3-4-5-6-7-26-8-10-27(11-9-26)12-15-29-19-23-33-32(24-29)22-21-31(34(33)35)20-18-28-13-16-30(25-36)17-14-28/h8-11,13-14,16-17,19,21-24H,2-7H2,1H3. The van der Waals surface area contributed by atoms with Crippen LogP contribution in [0.25, 0.3) is 10.8 Å². The molecule has 1 nitrogen and oxygen atoms in total. The molecule has 2 heteroatoms. The van der Waals surface area contributed by atoms with Crippen molar-refractivity contribution in [1.82, 2.24) is 0 Å². The molecule has 0 saturated heterocycles. The Morgan fingerprint density at radius 3 is 1.97 bits per heavy atom. The molecule has 176 valence electrons. The molecule has 0 N–H and O–H groups in total. The minimum atomic E-state index is -0.335. The Labute approximate surface area is 213 Å². The van der Waals surface area contributed by atoms with Gasteiger partial charge in [-0.3, -0.25) is 0 Å². The first-order valence-electron chi connectivity index (χ1n) is 12.5. The summed E-state index contributed by atoms with van der Waals surface area (Å²) in [5, 5.41) is 10.2. The molecule has 0 bridgehead atoms. The molecule has 0 spiro atoms. The Morgan fingerprint density at radius 1 is 0.639 bits per heavy atom. The molecule has 4 rings (SSSR count). The molecular formula is C34H28FN. The molecule has 0 aliphatic heterocycles. The lowest BCUT2D eigenvalue weighted by molar-refractivity contribution is 0.632. The van der Waals surface area contributed by atoms with E-state index in [4.69, 9.17) is 5.26 Å². The third-order valence-corrected chi connectivity index (χ3v) is 6.18. The average Bonchev–Trinajstić information content (AvgIpc) is 2.92. The van der Waals surface area contributed by atoms with Crippen LogP contribution in [0, 0.1) is 40.8 Å². The lowest BCUT2D eigenvalue weighted by Crippen LogP contribution is -1.88. The zero-order valence-corrected chi connectivity index (χ0v) is 20.6. The van der Waals surface area contributed by atoms with Crippen LogP contribution < -0.4 is 0 Å². The predicted octanol–water partition coefficient (Wildman–Crippen LogP) is 8.16. The van der Waals surface area contributed by atoms with Gasteiger partial charge in [0.1, 0.15) is 5.82 Å². The van der Waals surface area contributed by atoms with E-state index in [2.05, 4.69) is 60.9 Å². The zero-order chi connectivity index (χ0) is 25.2. The van der Waals surface area contributed by atoms with Crippen LogP contribution in [0.1, 0.15) is 72.4 Å². The summed E-state index contributed by atoms with van der Waals surface area (Å²) >= 11 is 0. The van der Waals surface area contributed by atoms with Crippen molar-refractivity contribution < 1.29 is 4.39 Å². The van der Waals surface area contributed by atoms with Crippen LogP contribution in [0.5, 0.6) is 0 Å². The van der Waals surface area contributed by atoms with Gasteiger partial charge in [0.15, 0.2) is 0 Å². The van der Waals surface area contributed by atoms with Crippen LogP contribution in [-0.2, 0) is 6.42 Å². The van der Waals surface area contributed by atoms with E-state index >= 15 is 4.39 Å². The topological polar surface area (TPSA) is 23.8 Å². The third kappa shape index (κ3) is 6.63. The molecule has 0 atom stereocenters. The largest absolute Gasteiger partial charge is 0.205 e. The van der Waals surface area contributed by atoms with Gasteiger partial charge in [0.05, 0.1) is 17.2 Å². The average molecular weight is 470 g/mol. The second-order valence-electron chi connectivity index (χ2n) is 8.91. The number of fused-ring (bicyclic) bond motifs is 1. The van der Waals surface area contributed by atoms with Crippen molar-refractivity contribution in [2.24, 2.45) is 0 Å². The first kappa shape index (κ1) is 24.8. The van der Waals surface area contributed by atoms with E-state index in [0.717, 1.165) is 28.5 Å². The van der Waals surface area contributed by atoms with E-state index in [9.17, 15) is 0 Å². The molecule has 0 saturated carbocycles. The van der Waals surface area contributed by atoms with Crippen molar-refractivity contribution in [3.63, 3.8) is 0 Å². The van der Waals surface area contributed by atoms with Crippen molar-refractivity contribution in [1.29, 1.82) is 5.26 Å². The van der Waals surface area contributed by atoms with E-state index in [1.165, 1.54) is 37.7 Å². The SMILES string of the molecule is CCCCCCCc1ccc(C#Cc2ccc3c(F)c(C#Cc4ccc(C#N)cc4)ccc3c2)cc1. The van der Waals surface area contributed by atoms with Gasteiger partial charge in [-0.1, -0.05) is 80.6 Å². The molecule has 4 aromatic rings. The lowest BCUT2D eigenvalue weighted by atomic mass is 10.0. The van der Waals surface area contributed by atoms with E-state index in [0.29, 0.717) is 16.5 Å². The molecule has 4 aromatic carbocycles. The highest BCUT2D eigenvalue weighted by molar-refractivity contribution is 5.86. The van der Waals surface area contributed by atoms with Crippen molar-refractivity contribution in [3.05, 3.63) is 118 Å². The summed E-state index contributed by atoms with van der Waals surface area (Å²) in [6, 6.07) is 26.6. The number of nitrogens with zero attached hydrogens (tertiary/aromatic N) is 1. The fourth-order valence-corrected chi connectivity index (χ4v) is 4.07. The van der Waals surface area contributed by atoms with Crippen LogP contribution >= 0.6 is 0 Å². The zero-order valence-electron chi connectivity index (χ0n) is 20.6. The number of halogens is 1. The molecule has 0 aromatic heterocycles. The Bertz CT molecular complexity index is 1500. The summed E-state index contributed by atoms with van der Waals surface area (Å²) < 4.78 is 15.1. The van der Waals surface area contributed by atoms with Gasteiger partial charge in [-0.15, -0.1) is 0 Å². The van der Waals surface area contributed by atoms with E-state index in [1.54, 1.807) is 36.4 Å². The number of rotatable bonds is 6. The minimum Gasteiger partial charge on any atom is -0.205 e. The van der Waals surface area contributed by atoms with Gasteiger partial charge < -0.3 is 0 Å². The maximum atomic E-state index is 15.1. The molecular weight excluding hydrogens is 441 g/mol. The molecule has 36 heavy (non-hydrogen) atoms. The lowest BCUT2D eigenvalue weighted by Gasteiger charge is -2.03. The fourth-order valence-electron chi connectivity index (χ4n) is 4.07. The molecule has 0 aliphatic rings. The van der Waals surface area contributed by atoms with Crippen LogP contribution in [0.15, 0.2) is 78.9 Å². The predicted molar refractivity (Wildman–Crippen MR) is 146 cm³/mol. The maximum absolute atomic E-state index is 15.1. The van der Waals surface area contributed by atoms with Gasteiger partial charge in [0.25, 0.3) is 0 Å². The number of aryl methyl sites for hydroxylation is 1. The van der Waals surface area contributed by atoms with Gasteiger partial charge in [-0.25, -0.2) is 4.39 Å². The summed E-state index contributed by atoms with van der Waals surface area (Å²) in [6.07, 6.45) is 7.57. The molecule has 0 unspecified atom stereocenters. The Morgan fingerprint density at radius 2 is 1.25 bits per heavy atom. The second kappa shape index (κ2) is 12.4. The van der Waals surface area contributed by atoms with Crippen LogP contribution in [0.2, 0.25) is 0 Å². The first-order chi connectivity index (χ1) is 17.7. The molecule has 0 fully saturated rings. The van der Waals surface area contributed by atoms with Gasteiger partial charge in [-0.2, -0.15) is 5.26 Å². The number of hydrogen-bond donors (Lipinski definition) is 0. The Hall–Kier alpha value is -4.32. The fraction of sp³-hybridized carbons (Fsp3) is 0.206. The normalized spacial score (nSPS) is 10.1. The summed E-state index contributed by atoms with van der Waals surface area (Å²) in [5.74, 6) is 12.0. The number of hydrogen-bond acceptors (Lipinski definition) is 1. The van der Waals surface area contributed by atoms with E-state index in [-0.39, 0.29) is 5.82 Å². The Kier molecular flexibility index (Phi) is 8.54. The van der Waals surface area contributed by atoms with Gasteiger partial charge in [-0.05, 0) is 78.4 Å². The number of nitriles is 1. The second-order valence-corrected chi connectivity index (χ2v) is 8.91. The van der Waals surface area contributed by atoms with Crippen molar-refractivity contribution >= 4 is 10.8 Å². The van der Waals surface area contributed by atoms with Crippen LogP contribution in [0.4, 0.5) is 4.39 Å². The third-order valence-electron chi connectivity index (χ3n) is 6.18. The van der Waals surface area contributed by atoms with Gasteiger partial charge in [0.2, 0.25) is 0 Å². The quantitative estimate of drug-likeness (QED) is 0.206. The maximum Gasteiger partial charge on any atom is 0.146 e. The monoisotopic (exact) mass is 469 g/mol. The highest BCUT2D eigenvalue weighted by Crippen LogP contribution is 2.22. The summed E-state index contributed by atoms with van der Waals surface area (Å²) in [6.45, 7) is 2.24. The smallest absolute Gasteiger partial charge is 0.146 e. The highest BCUT2D eigenvalue weighted by atomic mass is 19.1. The van der Waals surface area contributed by atoms with Crippen molar-refractivity contribution in [3.8, 4) is 29.8 Å². The Balaban J connectivity index is 1.44. The summed E-state index contributed by atoms with van der Waals surface area (Å²) in [5.41, 5.74) is 4.83. The number of unbranched alkanes of at least 4 members (excludes halogenated alkanes) is 4. The first-order valence-corrected chi connectivity index (χ1v) is 12.5. The minimum absolute atomic E-state index is 0.335. The van der Waals surface area contributed by atoms with Crippen LogP contribution in [0.3, 0.4) is 0 Å². The van der Waals surface area contributed by atoms with Crippen molar-refractivity contribution in [2.75, 3.05) is 0 Å². The highest BCUT2D eigenvalue weighted by Gasteiger charge is 2.06.